The summed E-state index contributed by atoms with van der Waals surface area (Å²) in [7, 11) is 0. The average molecular weight is 469 g/mol. The number of benzene rings is 1. The van der Waals surface area contributed by atoms with Gasteiger partial charge in [0.1, 0.15) is 5.69 Å². The molecule has 8 nitrogen and oxygen atoms in total. The molecule has 0 unspecified atom stereocenters. The Bertz CT molecular complexity index is 1090. The zero-order chi connectivity index (χ0) is 22.8. The summed E-state index contributed by atoms with van der Waals surface area (Å²) in [6, 6.07) is 9.04. The fourth-order valence-electron chi connectivity index (χ4n) is 4.66. The first-order valence-corrected chi connectivity index (χ1v) is 12.8. The van der Waals surface area contributed by atoms with E-state index < -0.39 is 0 Å². The molecule has 3 heterocycles. The Morgan fingerprint density at radius 1 is 1.15 bits per heavy atom. The summed E-state index contributed by atoms with van der Waals surface area (Å²) < 4.78 is 7.08. The van der Waals surface area contributed by atoms with E-state index >= 15 is 0 Å². The van der Waals surface area contributed by atoms with Crippen molar-refractivity contribution in [3.63, 3.8) is 0 Å². The molecule has 0 spiro atoms. The fourth-order valence-corrected chi connectivity index (χ4v) is 5.61. The van der Waals surface area contributed by atoms with Crippen LogP contribution in [0.15, 0.2) is 24.3 Å². The van der Waals surface area contributed by atoms with Crippen molar-refractivity contribution in [1.29, 1.82) is 0 Å². The van der Waals surface area contributed by atoms with E-state index in [0.717, 1.165) is 53.3 Å². The molecule has 1 aromatic carbocycles. The van der Waals surface area contributed by atoms with E-state index in [9.17, 15) is 4.79 Å². The molecule has 3 aromatic rings. The second-order valence-electron chi connectivity index (χ2n) is 8.95. The van der Waals surface area contributed by atoms with Crippen LogP contribution in [0.2, 0.25) is 0 Å². The summed E-state index contributed by atoms with van der Waals surface area (Å²) >= 11 is 1.63. The number of ether oxygens (including phenoxy) is 1. The van der Waals surface area contributed by atoms with Crippen LogP contribution in [0, 0.1) is 6.92 Å². The molecule has 5 rings (SSSR count). The molecule has 0 atom stereocenters. The first-order chi connectivity index (χ1) is 16.1. The van der Waals surface area contributed by atoms with E-state index in [-0.39, 0.29) is 5.97 Å². The lowest BCUT2D eigenvalue weighted by atomic mass is 10.1. The summed E-state index contributed by atoms with van der Waals surface area (Å²) in [6.45, 7) is 8.06. The maximum absolute atomic E-state index is 11.8. The second kappa shape index (κ2) is 9.69. The second-order valence-corrected chi connectivity index (χ2v) is 9.88. The lowest BCUT2D eigenvalue weighted by Gasteiger charge is -2.33. The van der Waals surface area contributed by atoms with Gasteiger partial charge in [0.05, 0.1) is 13.2 Å². The molecular weight excluding hydrogens is 436 g/mol. The monoisotopic (exact) mass is 468 g/mol. The highest BCUT2D eigenvalue weighted by Gasteiger charge is 2.26. The molecule has 2 aliphatic rings. The predicted octanol–water partition coefficient (Wildman–Crippen LogP) is 3.81. The molecule has 0 radical (unpaired) electrons. The number of aryl methyl sites for hydroxylation is 1. The zero-order valence-corrected chi connectivity index (χ0v) is 20.2. The molecule has 176 valence electrons. The third-order valence-electron chi connectivity index (χ3n) is 6.51. The molecule has 9 heteroatoms. The highest BCUT2D eigenvalue weighted by atomic mass is 32.1. The van der Waals surface area contributed by atoms with Crippen molar-refractivity contribution in [3.05, 3.63) is 29.8 Å². The number of nitrogens with one attached hydrogen (secondary N) is 1. The molecule has 2 aromatic heterocycles. The molecule has 1 aliphatic heterocycles. The van der Waals surface area contributed by atoms with Crippen LogP contribution in [0.1, 0.15) is 38.2 Å². The van der Waals surface area contributed by atoms with Crippen LogP contribution in [0.25, 0.3) is 16.2 Å². The van der Waals surface area contributed by atoms with Crippen LogP contribution in [0.3, 0.4) is 0 Å². The minimum absolute atomic E-state index is 0.148. The van der Waals surface area contributed by atoms with Gasteiger partial charge in [-0.3, -0.25) is 9.69 Å². The molecule has 33 heavy (non-hydrogen) atoms. The lowest BCUT2D eigenvalue weighted by Crippen LogP contribution is -2.48. The zero-order valence-electron chi connectivity index (χ0n) is 19.4. The van der Waals surface area contributed by atoms with Crippen LogP contribution >= 0.6 is 11.3 Å². The van der Waals surface area contributed by atoms with E-state index in [4.69, 9.17) is 14.8 Å². The van der Waals surface area contributed by atoms with Gasteiger partial charge in [0.15, 0.2) is 5.82 Å². The smallest absolute Gasteiger partial charge is 0.320 e. The van der Waals surface area contributed by atoms with E-state index in [1.54, 1.807) is 11.3 Å². The fraction of sp³-hybridized carbons (Fsp3) is 0.542. The molecular formula is C24H32N6O2S. The number of carbonyl (C=O) groups excluding carboxylic acids is 1. The molecule has 0 amide bonds. The summed E-state index contributed by atoms with van der Waals surface area (Å²) in [5, 5.41) is 9.74. The number of imidazole rings is 1. The van der Waals surface area contributed by atoms with Gasteiger partial charge in [-0.05, 0) is 26.7 Å². The number of hydrogen-bond donors (Lipinski definition) is 1. The first kappa shape index (κ1) is 22.2. The van der Waals surface area contributed by atoms with Gasteiger partial charge in [-0.1, -0.05) is 54.0 Å². The number of carbonyl (C=O) groups is 1. The number of rotatable bonds is 7. The molecule has 1 saturated carbocycles. The number of nitrogens with zero attached hydrogens (tertiary/aromatic N) is 5. The minimum Gasteiger partial charge on any atom is -0.465 e. The highest BCUT2D eigenvalue weighted by molar-refractivity contribution is 7.20. The van der Waals surface area contributed by atoms with Crippen molar-refractivity contribution in [2.75, 3.05) is 49.5 Å². The predicted molar refractivity (Wildman–Crippen MR) is 132 cm³/mol. The summed E-state index contributed by atoms with van der Waals surface area (Å²) in [6.07, 6.45) is 4.94. The molecule has 1 aliphatic carbocycles. The van der Waals surface area contributed by atoms with Gasteiger partial charge in [0.2, 0.25) is 10.1 Å². The summed E-state index contributed by atoms with van der Waals surface area (Å²) in [5.74, 6) is 0.856. The van der Waals surface area contributed by atoms with E-state index in [2.05, 4.69) is 46.3 Å². The number of piperazine rings is 1. The standard InChI is InChI=1S/C24H32N6O2S/c1-3-32-20(31)16-28-12-14-29(15-13-28)24-27-30-22(25-19-6-4-5-7-19)21(26-23(30)33-24)18-10-8-17(2)9-11-18/h8-11,19,25H,3-7,12-16H2,1-2H3. The number of aromatic nitrogens is 3. The molecule has 1 N–H and O–H groups in total. The third-order valence-corrected chi connectivity index (χ3v) is 7.48. The summed E-state index contributed by atoms with van der Waals surface area (Å²) in [4.78, 5) is 22.1. The van der Waals surface area contributed by atoms with Crippen LogP contribution < -0.4 is 10.2 Å². The Balaban J connectivity index is 1.37. The van der Waals surface area contributed by atoms with Crippen LogP contribution in [-0.4, -0.2) is 70.8 Å². The number of esters is 1. The van der Waals surface area contributed by atoms with E-state index in [1.165, 1.54) is 31.2 Å². The van der Waals surface area contributed by atoms with Crippen molar-refractivity contribution < 1.29 is 9.53 Å². The van der Waals surface area contributed by atoms with Gasteiger partial charge in [0, 0.05) is 37.8 Å². The molecule has 0 bridgehead atoms. The van der Waals surface area contributed by atoms with Gasteiger partial charge >= 0.3 is 5.97 Å². The van der Waals surface area contributed by atoms with Crippen molar-refractivity contribution in [1.82, 2.24) is 19.5 Å². The van der Waals surface area contributed by atoms with Gasteiger partial charge in [-0.2, -0.15) is 4.52 Å². The first-order valence-electron chi connectivity index (χ1n) is 12.0. The van der Waals surface area contributed by atoms with Crippen molar-refractivity contribution in [3.8, 4) is 11.3 Å². The van der Waals surface area contributed by atoms with Gasteiger partial charge in [-0.15, -0.1) is 5.10 Å². The number of anilines is 2. The number of hydrogen-bond acceptors (Lipinski definition) is 8. The van der Waals surface area contributed by atoms with Crippen LogP contribution in [0.4, 0.5) is 10.9 Å². The molecule has 1 saturated heterocycles. The van der Waals surface area contributed by atoms with Crippen LogP contribution in [0.5, 0.6) is 0 Å². The quantitative estimate of drug-likeness (QED) is 0.529. The Morgan fingerprint density at radius 2 is 1.88 bits per heavy atom. The lowest BCUT2D eigenvalue weighted by molar-refractivity contribution is -0.144. The largest absolute Gasteiger partial charge is 0.465 e. The van der Waals surface area contributed by atoms with Crippen molar-refractivity contribution in [2.24, 2.45) is 0 Å². The Kier molecular flexibility index (Phi) is 6.50. The van der Waals surface area contributed by atoms with E-state index in [0.29, 0.717) is 19.2 Å². The maximum atomic E-state index is 11.8. The van der Waals surface area contributed by atoms with Gasteiger partial charge in [-0.25, -0.2) is 4.98 Å². The minimum atomic E-state index is -0.148. The Morgan fingerprint density at radius 3 is 2.58 bits per heavy atom. The van der Waals surface area contributed by atoms with Crippen molar-refractivity contribution in [2.45, 2.75) is 45.6 Å². The number of fused-ring (bicyclic) bond motifs is 1. The van der Waals surface area contributed by atoms with Gasteiger partial charge < -0.3 is 15.0 Å². The Hall–Kier alpha value is -2.65. The average Bonchev–Trinajstić information content (AvgIpc) is 3.53. The summed E-state index contributed by atoms with van der Waals surface area (Å²) in [5.41, 5.74) is 3.34. The Labute approximate surface area is 198 Å². The highest BCUT2D eigenvalue weighted by Crippen LogP contribution is 2.35. The topological polar surface area (TPSA) is 75.0 Å². The SMILES string of the molecule is CCOC(=O)CN1CCN(c2nn3c(NC4CCCC4)c(-c4ccc(C)cc4)nc3s2)CC1. The van der Waals surface area contributed by atoms with Gasteiger partial charge in [0.25, 0.3) is 0 Å². The molecule has 2 fully saturated rings. The normalized spacial score (nSPS) is 17.7. The maximum Gasteiger partial charge on any atom is 0.320 e. The van der Waals surface area contributed by atoms with Crippen LogP contribution in [-0.2, 0) is 9.53 Å². The van der Waals surface area contributed by atoms with Crippen molar-refractivity contribution >= 4 is 33.2 Å². The van der Waals surface area contributed by atoms with E-state index in [1.807, 2.05) is 11.4 Å². The third kappa shape index (κ3) is 4.84.